The van der Waals surface area contributed by atoms with Crippen LogP contribution in [0.1, 0.15) is 13.2 Å². The molecule has 0 radical (unpaired) electrons. The van der Waals surface area contributed by atoms with Crippen molar-refractivity contribution in [3.05, 3.63) is 22.7 Å². The molecule has 0 fully saturated rings. The Morgan fingerprint density at radius 3 is 2.78 bits per heavy atom. The molecule has 0 saturated carbocycles. The third-order valence-corrected chi connectivity index (χ3v) is 2.34. The van der Waals surface area contributed by atoms with Gasteiger partial charge in [-0.2, -0.15) is 4.98 Å². The fourth-order valence-corrected chi connectivity index (χ4v) is 1.33. The third kappa shape index (κ3) is 3.49. The number of hydrogen-bond donors (Lipinski definition) is 3. The van der Waals surface area contributed by atoms with Gasteiger partial charge in [0.15, 0.2) is 6.23 Å². The molecule has 8 heteroatoms. The highest BCUT2D eigenvalue weighted by atomic mass is 19.1. The van der Waals surface area contributed by atoms with Gasteiger partial charge in [-0.05, 0) is 13.0 Å². The Hall–Kier alpha value is -1.51. The van der Waals surface area contributed by atoms with Crippen molar-refractivity contribution in [3.8, 4) is 0 Å². The minimum Gasteiger partial charge on any atom is -0.394 e. The summed E-state index contributed by atoms with van der Waals surface area (Å²) in [6.07, 6.45) is -2.01. The zero-order valence-corrected chi connectivity index (χ0v) is 9.86. The van der Waals surface area contributed by atoms with Gasteiger partial charge in [0.1, 0.15) is 18.6 Å². The van der Waals surface area contributed by atoms with Crippen molar-refractivity contribution in [3.63, 3.8) is 0 Å². The topological polar surface area (TPSA) is 111 Å². The molecule has 0 saturated heterocycles. The van der Waals surface area contributed by atoms with Crippen LogP contribution in [0, 0.1) is 0 Å². The van der Waals surface area contributed by atoms with Crippen LogP contribution >= 0.6 is 0 Å². The number of rotatable bonds is 6. The van der Waals surface area contributed by atoms with Crippen molar-refractivity contribution < 1.29 is 19.3 Å². The van der Waals surface area contributed by atoms with Crippen LogP contribution in [0.2, 0.25) is 0 Å². The van der Waals surface area contributed by atoms with E-state index >= 15 is 0 Å². The number of aromatic nitrogens is 2. The van der Waals surface area contributed by atoms with E-state index in [1.807, 2.05) is 0 Å². The first-order valence-corrected chi connectivity index (χ1v) is 5.34. The number of nitrogens with two attached hydrogens (primary N) is 1. The average Bonchev–Trinajstić information content (AvgIpc) is 2.31. The number of alkyl halides is 1. The van der Waals surface area contributed by atoms with Crippen LogP contribution in [0.4, 0.5) is 10.2 Å². The van der Waals surface area contributed by atoms with E-state index in [1.54, 1.807) is 0 Å². The van der Waals surface area contributed by atoms with Gasteiger partial charge in [-0.15, -0.1) is 0 Å². The van der Waals surface area contributed by atoms with Crippen LogP contribution in [0.15, 0.2) is 17.1 Å². The lowest BCUT2D eigenvalue weighted by Crippen LogP contribution is -2.37. The minimum atomic E-state index is -1.27. The lowest BCUT2D eigenvalue weighted by Gasteiger charge is -2.24. The SMILES string of the molecule is C[C@@H](O)[C@@H](CO)O[C@H](CF)n1ccc(N)nc1=O. The van der Waals surface area contributed by atoms with Crippen LogP contribution < -0.4 is 11.4 Å². The van der Waals surface area contributed by atoms with Gasteiger partial charge in [0.2, 0.25) is 0 Å². The second kappa shape index (κ2) is 6.43. The summed E-state index contributed by atoms with van der Waals surface area (Å²) in [7, 11) is 0. The molecule has 0 aliphatic heterocycles. The number of nitrogens with zero attached hydrogens (tertiary/aromatic N) is 2. The summed E-state index contributed by atoms with van der Waals surface area (Å²) in [6, 6.07) is 1.32. The maximum absolute atomic E-state index is 12.9. The Labute approximate surface area is 103 Å². The van der Waals surface area contributed by atoms with E-state index in [0.29, 0.717) is 0 Å². The summed E-state index contributed by atoms with van der Waals surface area (Å²) in [4.78, 5) is 14.9. The predicted octanol–water partition coefficient (Wildman–Crippen LogP) is -0.948. The Balaban J connectivity index is 2.92. The second-order valence-corrected chi connectivity index (χ2v) is 3.75. The van der Waals surface area contributed by atoms with E-state index in [4.69, 9.17) is 15.6 Å². The van der Waals surface area contributed by atoms with Crippen LogP contribution in [0.3, 0.4) is 0 Å². The molecule has 18 heavy (non-hydrogen) atoms. The quantitative estimate of drug-likeness (QED) is 0.609. The Bertz CT molecular complexity index is 437. The molecular formula is C10H16FN3O4. The van der Waals surface area contributed by atoms with Gasteiger partial charge in [0, 0.05) is 6.20 Å². The van der Waals surface area contributed by atoms with Gasteiger partial charge in [-0.25, -0.2) is 9.18 Å². The van der Waals surface area contributed by atoms with Crippen LogP contribution in [0.5, 0.6) is 0 Å². The fourth-order valence-electron chi connectivity index (χ4n) is 1.33. The fraction of sp³-hybridized carbons (Fsp3) is 0.600. The maximum Gasteiger partial charge on any atom is 0.351 e. The number of aliphatic hydroxyl groups excluding tert-OH is 2. The summed E-state index contributed by atoms with van der Waals surface area (Å²) in [5.74, 6) is 0.0168. The average molecular weight is 261 g/mol. The summed E-state index contributed by atoms with van der Waals surface area (Å²) in [5.41, 5.74) is 4.54. The number of ether oxygens (including phenoxy) is 1. The summed E-state index contributed by atoms with van der Waals surface area (Å²) in [5, 5.41) is 18.3. The van der Waals surface area contributed by atoms with Crippen molar-refractivity contribution in [1.29, 1.82) is 0 Å². The zero-order valence-electron chi connectivity index (χ0n) is 9.86. The molecule has 3 atom stereocenters. The molecule has 1 aromatic rings. The highest BCUT2D eigenvalue weighted by Gasteiger charge is 2.22. The van der Waals surface area contributed by atoms with E-state index in [0.717, 1.165) is 4.57 Å². The first-order chi connectivity index (χ1) is 8.49. The van der Waals surface area contributed by atoms with Gasteiger partial charge in [0.05, 0.1) is 12.7 Å². The molecule has 0 aliphatic carbocycles. The zero-order chi connectivity index (χ0) is 13.7. The standard InChI is InChI=1S/C10H16FN3O4/c1-6(16)7(5-15)18-9(4-11)14-3-2-8(12)13-10(14)17/h2-3,6-7,9,15-16H,4-5H2,1H3,(H2,12,13,17)/t6-,7-,9-/m1/s1. The smallest absolute Gasteiger partial charge is 0.351 e. The molecule has 0 aromatic carbocycles. The Kier molecular flexibility index (Phi) is 5.20. The van der Waals surface area contributed by atoms with Gasteiger partial charge < -0.3 is 20.7 Å². The Morgan fingerprint density at radius 2 is 2.33 bits per heavy atom. The van der Waals surface area contributed by atoms with Crippen LogP contribution in [-0.2, 0) is 4.74 Å². The molecule has 1 aromatic heterocycles. The van der Waals surface area contributed by atoms with E-state index in [1.165, 1.54) is 19.2 Å². The molecular weight excluding hydrogens is 245 g/mol. The first-order valence-electron chi connectivity index (χ1n) is 5.34. The lowest BCUT2D eigenvalue weighted by atomic mass is 10.2. The third-order valence-electron chi connectivity index (χ3n) is 2.34. The van der Waals surface area contributed by atoms with Gasteiger partial charge in [-0.3, -0.25) is 4.57 Å². The lowest BCUT2D eigenvalue weighted by molar-refractivity contribution is -0.126. The van der Waals surface area contributed by atoms with E-state index < -0.39 is 37.4 Å². The van der Waals surface area contributed by atoms with Gasteiger partial charge >= 0.3 is 5.69 Å². The maximum atomic E-state index is 12.9. The highest BCUT2D eigenvalue weighted by molar-refractivity contribution is 5.23. The highest BCUT2D eigenvalue weighted by Crippen LogP contribution is 2.12. The largest absolute Gasteiger partial charge is 0.394 e. The molecule has 1 heterocycles. The number of nitrogen functional groups attached to an aromatic ring is 1. The Morgan fingerprint density at radius 1 is 1.67 bits per heavy atom. The normalized spacial score (nSPS) is 16.2. The van der Waals surface area contributed by atoms with Crippen molar-refractivity contribution in [2.75, 3.05) is 19.0 Å². The number of anilines is 1. The van der Waals surface area contributed by atoms with E-state index in [-0.39, 0.29) is 5.82 Å². The molecule has 1 rings (SSSR count). The summed E-state index contributed by atoms with van der Waals surface area (Å²) >= 11 is 0. The molecule has 0 bridgehead atoms. The van der Waals surface area contributed by atoms with Crippen LogP contribution in [0.25, 0.3) is 0 Å². The molecule has 0 unspecified atom stereocenters. The predicted molar refractivity (Wildman–Crippen MR) is 61.6 cm³/mol. The summed E-state index contributed by atoms with van der Waals surface area (Å²) in [6.45, 7) is -0.111. The van der Waals surface area contributed by atoms with Crippen molar-refractivity contribution in [2.45, 2.75) is 25.4 Å². The molecule has 0 aliphatic rings. The molecule has 0 spiro atoms. The first kappa shape index (κ1) is 14.6. The molecule has 0 amide bonds. The van der Waals surface area contributed by atoms with E-state index in [9.17, 15) is 14.3 Å². The number of halogens is 1. The number of hydrogen-bond acceptors (Lipinski definition) is 6. The monoisotopic (exact) mass is 261 g/mol. The van der Waals surface area contributed by atoms with Crippen molar-refractivity contribution >= 4 is 5.82 Å². The molecule has 4 N–H and O–H groups in total. The number of aliphatic hydroxyl groups is 2. The summed E-state index contributed by atoms with van der Waals surface area (Å²) < 4.78 is 18.9. The van der Waals surface area contributed by atoms with Crippen LogP contribution in [-0.4, -0.2) is 45.3 Å². The van der Waals surface area contributed by atoms with E-state index in [2.05, 4.69) is 4.98 Å². The van der Waals surface area contributed by atoms with Crippen molar-refractivity contribution in [2.24, 2.45) is 0 Å². The molecule has 102 valence electrons. The van der Waals surface area contributed by atoms with Crippen molar-refractivity contribution in [1.82, 2.24) is 9.55 Å². The van der Waals surface area contributed by atoms with Gasteiger partial charge in [0.25, 0.3) is 0 Å². The minimum absolute atomic E-state index is 0.0168. The molecule has 7 nitrogen and oxygen atoms in total. The van der Waals surface area contributed by atoms with Gasteiger partial charge in [-0.1, -0.05) is 0 Å². The second-order valence-electron chi connectivity index (χ2n) is 3.75.